The van der Waals surface area contributed by atoms with Crippen LogP contribution >= 0.6 is 11.8 Å². The Morgan fingerprint density at radius 1 is 1.33 bits per heavy atom. The number of aliphatic carboxylic acids is 1. The molecule has 0 atom stereocenters. The number of hydrogen-bond donors (Lipinski definition) is 1. The molecule has 0 heterocycles. The summed E-state index contributed by atoms with van der Waals surface area (Å²) in [5.74, 6) is -0.131. The van der Waals surface area contributed by atoms with E-state index in [1.807, 2.05) is 6.07 Å². The molecule has 100 valence electrons. The number of hydrogen-bond acceptors (Lipinski definition) is 2. The lowest BCUT2D eigenvalue weighted by molar-refractivity contribution is -0.147. The zero-order valence-electron chi connectivity index (χ0n) is 10.8. The molecule has 0 spiro atoms. The second kappa shape index (κ2) is 6.78. The minimum atomic E-state index is -0.760. The van der Waals surface area contributed by atoms with Crippen LogP contribution in [0.4, 0.5) is 4.39 Å². The molecular formula is C14H19FO2S. The van der Waals surface area contributed by atoms with E-state index < -0.39 is 11.4 Å². The predicted octanol–water partition coefficient (Wildman–Crippen LogP) is 4.20. The Bertz CT molecular complexity index is 405. The van der Waals surface area contributed by atoms with Gasteiger partial charge in [-0.2, -0.15) is 0 Å². The lowest BCUT2D eigenvalue weighted by Crippen LogP contribution is -2.23. The minimum Gasteiger partial charge on any atom is -0.481 e. The number of carbonyl (C=O) groups is 1. The van der Waals surface area contributed by atoms with Crippen molar-refractivity contribution in [2.45, 2.75) is 38.0 Å². The van der Waals surface area contributed by atoms with Crippen molar-refractivity contribution in [1.29, 1.82) is 0 Å². The van der Waals surface area contributed by atoms with Gasteiger partial charge in [0, 0.05) is 4.90 Å². The van der Waals surface area contributed by atoms with Crippen LogP contribution in [-0.2, 0) is 4.79 Å². The lowest BCUT2D eigenvalue weighted by Gasteiger charge is -2.18. The first-order valence-electron chi connectivity index (χ1n) is 6.04. The first-order valence-corrected chi connectivity index (χ1v) is 7.03. The van der Waals surface area contributed by atoms with E-state index in [-0.39, 0.29) is 5.82 Å². The van der Waals surface area contributed by atoms with E-state index in [2.05, 4.69) is 0 Å². The maximum absolute atomic E-state index is 13.3. The molecule has 0 radical (unpaired) electrons. The molecule has 0 bridgehead atoms. The van der Waals surface area contributed by atoms with Crippen LogP contribution in [-0.4, -0.2) is 16.8 Å². The highest BCUT2D eigenvalue weighted by Gasteiger charge is 2.25. The van der Waals surface area contributed by atoms with Crippen molar-refractivity contribution < 1.29 is 14.3 Å². The lowest BCUT2D eigenvalue weighted by atomic mass is 9.88. The van der Waals surface area contributed by atoms with Gasteiger partial charge in [0.15, 0.2) is 0 Å². The molecule has 2 nitrogen and oxygen atoms in total. The fourth-order valence-electron chi connectivity index (χ4n) is 1.52. The van der Waals surface area contributed by atoms with Crippen molar-refractivity contribution >= 4 is 17.7 Å². The van der Waals surface area contributed by atoms with Crippen molar-refractivity contribution in [3.05, 3.63) is 30.1 Å². The zero-order valence-corrected chi connectivity index (χ0v) is 11.6. The summed E-state index contributed by atoms with van der Waals surface area (Å²) < 4.78 is 13.3. The molecule has 0 aliphatic rings. The maximum atomic E-state index is 13.3. The van der Waals surface area contributed by atoms with Gasteiger partial charge in [-0.3, -0.25) is 4.79 Å². The number of carboxylic acids is 1. The third-order valence-electron chi connectivity index (χ3n) is 2.87. The van der Waals surface area contributed by atoms with Crippen LogP contribution in [0.15, 0.2) is 29.2 Å². The molecule has 1 aromatic rings. The third-order valence-corrected chi connectivity index (χ3v) is 4.00. The first-order chi connectivity index (χ1) is 8.43. The summed E-state index contributed by atoms with van der Waals surface area (Å²) in [6.45, 7) is 3.47. The van der Waals surface area contributed by atoms with Crippen LogP contribution in [0, 0.1) is 11.2 Å². The molecule has 0 aliphatic heterocycles. The van der Waals surface area contributed by atoms with Crippen LogP contribution in [0.3, 0.4) is 0 Å². The standard InChI is InChI=1S/C14H19FO2S/c1-14(2,13(16)17)9-5-6-10-18-12-8-4-3-7-11(12)15/h3-4,7-8H,5-6,9-10H2,1-2H3,(H,16,17). The third kappa shape index (κ3) is 4.69. The van der Waals surface area contributed by atoms with Gasteiger partial charge in [-0.05, 0) is 44.6 Å². The molecule has 0 amide bonds. The first kappa shape index (κ1) is 15.0. The highest BCUT2D eigenvalue weighted by Crippen LogP contribution is 2.26. The molecule has 1 aromatic carbocycles. The largest absolute Gasteiger partial charge is 0.481 e. The number of carboxylic acid groups (broad SMARTS) is 1. The Morgan fingerprint density at radius 3 is 2.61 bits per heavy atom. The Hall–Kier alpha value is -1.03. The van der Waals surface area contributed by atoms with Gasteiger partial charge in [-0.1, -0.05) is 18.6 Å². The summed E-state index contributed by atoms with van der Waals surface area (Å²) in [7, 11) is 0. The summed E-state index contributed by atoms with van der Waals surface area (Å²) in [4.78, 5) is 11.6. The van der Waals surface area contributed by atoms with Crippen molar-refractivity contribution in [1.82, 2.24) is 0 Å². The van der Waals surface area contributed by atoms with Crippen LogP contribution < -0.4 is 0 Å². The van der Waals surface area contributed by atoms with Gasteiger partial charge >= 0.3 is 5.97 Å². The van der Waals surface area contributed by atoms with Crippen LogP contribution in [0.5, 0.6) is 0 Å². The summed E-state index contributed by atoms with van der Waals surface area (Å²) >= 11 is 1.48. The van der Waals surface area contributed by atoms with Crippen LogP contribution in [0.25, 0.3) is 0 Å². The topological polar surface area (TPSA) is 37.3 Å². The quantitative estimate of drug-likeness (QED) is 0.596. The van der Waals surface area contributed by atoms with E-state index in [1.165, 1.54) is 17.8 Å². The predicted molar refractivity (Wildman–Crippen MR) is 72.4 cm³/mol. The molecule has 1 N–H and O–H groups in total. The maximum Gasteiger partial charge on any atom is 0.309 e. The molecule has 1 rings (SSSR count). The van der Waals surface area contributed by atoms with Gasteiger partial charge in [-0.25, -0.2) is 4.39 Å². The van der Waals surface area contributed by atoms with Crippen molar-refractivity contribution in [3.63, 3.8) is 0 Å². The normalized spacial score (nSPS) is 11.5. The van der Waals surface area contributed by atoms with Crippen LogP contribution in [0.1, 0.15) is 33.1 Å². The fraction of sp³-hybridized carbons (Fsp3) is 0.500. The second-order valence-electron chi connectivity index (χ2n) is 4.93. The molecule has 0 aliphatic carbocycles. The zero-order chi connectivity index (χ0) is 13.6. The van der Waals surface area contributed by atoms with Crippen molar-refractivity contribution in [3.8, 4) is 0 Å². The smallest absolute Gasteiger partial charge is 0.309 e. The number of benzene rings is 1. The summed E-state index contributed by atoms with van der Waals surface area (Å²) in [6, 6.07) is 6.71. The molecular weight excluding hydrogens is 251 g/mol. The summed E-state index contributed by atoms with van der Waals surface area (Å²) in [5.41, 5.74) is -0.664. The highest BCUT2D eigenvalue weighted by atomic mass is 32.2. The van der Waals surface area contributed by atoms with E-state index in [0.717, 1.165) is 18.6 Å². The number of unbranched alkanes of at least 4 members (excludes halogenated alkanes) is 1. The van der Waals surface area contributed by atoms with Gasteiger partial charge in [0.2, 0.25) is 0 Å². The Morgan fingerprint density at radius 2 is 2.00 bits per heavy atom. The van der Waals surface area contributed by atoms with Gasteiger partial charge in [0.25, 0.3) is 0 Å². The van der Waals surface area contributed by atoms with E-state index in [0.29, 0.717) is 11.3 Å². The monoisotopic (exact) mass is 270 g/mol. The Labute approximate surface area is 112 Å². The summed E-state index contributed by atoms with van der Waals surface area (Å²) in [5, 5.41) is 8.96. The minimum absolute atomic E-state index is 0.187. The number of rotatable bonds is 7. The average Bonchev–Trinajstić information content (AvgIpc) is 2.30. The van der Waals surface area contributed by atoms with Crippen molar-refractivity contribution in [2.75, 3.05) is 5.75 Å². The van der Waals surface area contributed by atoms with Gasteiger partial charge in [-0.15, -0.1) is 11.8 Å². The van der Waals surface area contributed by atoms with Gasteiger partial charge in [0.1, 0.15) is 5.82 Å². The highest BCUT2D eigenvalue weighted by molar-refractivity contribution is 7.99. The average molecular weight is 270 g/mol. The molecule has 0 aromatic heterocycles. The van der Waals surface area contributed by atoms with Gasteiger partial charge in [0.05, 0.1) is 5.41 Å². The molecule has 0 unspecified atom stereocenters. The number of halogens is 1. The molecule has 0 saturated carbocycles. The number of thioether (sulfide) groups is 1. The van der Waals surface area contributed by atoms with Gasteiger partial charge < -0.3 is 5.11 Å². The van der Waals surface area contributed by atoms with Crippen LogP contribution in [0.2, 0.25) is 0 Å². The molecule has 0 fully saturated rings. The van der Waals surface area contributed by atoms with E-state index in [4.69, 9.17) is 5.11 Å². The van der Waals surface area contributed by atoms with E-state index in [1.54, 1.807) is 26.0 Å². The Balaban J connectivity index is 2.24. The molecule has 18 heavy (non-hydrogen) atoms. The van der Waals surface area contributed by atoms with E-state index >= 15 is 0 Å². The Kier molecular flexibility index (Phi) is 5.66. The second-order valence-corrected chi connectivity index (χ2v) is 6.06. The van der Waals surface area contributed by atoms with Crippen molar-refractivity contribution in [2.24, 2.45) is 5.41 Å². The SMILES string of the molecule is CC(C)(CCCCSc1ccccc1F)C(=O)O. The fourth-order valence-corrected chi connectivity index (χ4v) is 2.47. The molecule has 4 heteroatoms. The molecule has 0 saturated heterocycles. The summed E-state index contributed by atoms with van der Waals surface area (Å²) in [6.07, 6.45) is 2.40. The van der Waals surface area contributed by atoms with E-state index in [9.17, 15) is 9.18 Å².